The number of halogens is 1. The second-order valence-electron chi connectivity index (χ2n) is 5.24. The molecule has 1 aliphatic carbocycles. The van der Waals surface area contributed by atoms with Crippen LogP contribution < -0.4 is 10.6 Å². The van der Waals surface area contributed by atoms with Gasteiger partial charge in [-0.05, 0) is 43.9 Å². The molecule has 0 radical (unpaired) electrons. The summed E-state index contributed by atoms with van der Waals surface area (Å²) < 4.78 is 0.877. The molecule has 1 aromatic rings. The van der Waals surface area contributed by atoms with E-state index in [1.807, 2.05) is 25.1 Å². The van der Waals surface area contributed by atoms with Crippen molar-refractivity contribution in [1.82, 2.24) is 5.32 Å². The molecule has 1 saturated carbocycles. The monoisotopic (exact) mass is 340 g/mol. The molecule has 1 aliphatic rings. The van der Waals surface area contributed by atoms with Crippen LogP contribution >= 0.6 is 15.9 Å². The number of carboxylic acids is 1. The average Bonchev–Trinajstić information content (AvgIpc) is 2.30. The lowest BCUT2D eigenvalue weighted by atomic mass is 9.74. The van der Waals surface area contributed by atoms with Gasteiger partial charge in [0.2, 0.25) is 0 Å². The summed E-state index contributed by atoms with van der Waals surface area (Å²) in [6.07, 6.45) is 2.34. The minimum absolute atomic E-state index is 0.0299. The maximum atomic E-state index is 12.0. The predicted molar refractivity (Wildman–Crippen MR) is 79.9 cm³/mol. The Bertz CT molecular complexity index is 541. The van der Waals surface area contributed by atoms with E-state index in [0.29, 0.717) is 18.5 Å². The van der Waals surface area contributed by atoms with Crippen LogP contribution in [0, 0.1) is 6.92 Å². The van der Waals surface area contributed by atoms with Crippen molar-refractivity contribution in [3.05, 3.63) is 28.2 Å². The topological polar surface area (TPSA) is 78.4 Å². The number of hydrogen-bond acceptors (Lipinski definition) is 2. The molecular weight excluding hydrogens is 324 g/mol. The number of aryl methyl sites for hydroxylation is 1. The third kappa shape index (κ3) is 3.50. The highest BCUT2D eigenvalue weighted by molar-refractivity contribution is 9.10. The Morgan fingerprint density at radius 1 is 1.40 bits per heavy atom. The zero-order valence-corrected chi connectivity index (χ0v) is 12.8. The minimum atomic E-state index is -0.886. The Morgan fingerprint density at radius 3 is 2.65 bits per heavy atom. The summed E-state index contributed by atoms with van der Waals surface area (Å²) in [5.41, 5.74) is 1.07. The van der Waals surface area contributed by atoms with Crippen LogP contribution in [0.15, 0.2) is 22.7 Å². The molecule has 0 aliphatic heterocycles. The lowest BCUT2D eigenvalue weighted by Crippen LogP contribution is -2.55. The van der Waals surface area contributed by atoms with Crippen molar-refractivity contribution in [2.45, 2.75) is 38.1 Å². The number of amides is 2. The standard InChI is InChI=1S/C14H17BrN2O3/c1-9-3-4-10(15)7-11(9)16-13(20)17-14(5-2-6-14)8-12(18)19/h3-4,7H,2,5-6,8H2,1H3,(H,18,19)(H2,16,17,20). The van der Waals surface area contributed by atoms with E-state index >= 15 is 0 Å². The second-order valence-corrected chi connectivity index (χ2v) is 6.16. The first-order valence-corrected chi connectivity index (χ1v) is 7.27. The van der Waals surface area contributed by atoms with E-state index in [2.05, 4.69) is 26.6 Å². The number of aliphatic carboxylic acids is 1. The van der Waals surface area contributed by atoms with E-state index in [-0.39, 0.29) is 12.5 Å². The molecule has 1 aromatic carbocycles. The molecule has 5 nitrogen and oxygen atoms in total. The van der Waals surface area contributed by atoms with E-state index in [9.17, 15) is 9.59 Å². The number of nitrogens with one attached hydrogen (secondary N) is 2. The van der Waals surface area contributed by atoms with Gasteiger partial charge in [0.25, 0.3) is 0 Å². The fraction of sp³-hybridized carbons (Fsp3) is 0.429. The quantitative estimate of drug-likeness (QED) is 0.786. The van der Waals surface area contributed by atoms with Gasteiger partial charge in [-0.1, -0.05) is 22.0 Å². The Balaban J connectivity index is 2.01. The maximum absolute atomic E-state index is 12.0. The van der Waals surface area contributed by atoms with Crippen LogP contribution in [0.5, 0.6) is 0 Å². The highest BCUT2D eigenvalue weighted by Crippen LogP contribution is 2.35. The van der Waals surface area contributed by atoms with E-state index in [4.69, 9.17) is 5.11 Å². The summed E-state index contributed by atoms with van der Waals surface area (Å²) in [5.74, 6) is -0.886. The molecule has 0 spiro atoms. The highest BCUT2D eigenvalue weighted by Gasteiger charge is 2.40. The van der Waals surface area contributed by atoms with Crippen molar-refractivity contribution in [3.8, 4) is 0 Å². The van der Waals surface area contributed by atoms with Crippen molar-refractivity contribution < 1.29 is 14.7 Å². The molecule has 3 N–H and O–H groups in total. The first-order chi connectivity index (χ1) is 9.40. The van der Waals surface area contributed by atoms with E-state index < -0.39 is 11.5 Å². The van der Waals surface area contributed by atoms with E-state index in [1.165, 1.54) is 0 Å². The number of anilines is 1. The Hall–Kier alpha value is -1.56. The molecule has 1 fully saturated rings. The predicted octanol–water partition coefficient (Wildman–Crippen LogP) is 3.28. The van der Waals surface area contributed by atoms with Crippen molar-refractivity contribution >= 4 is 33.6 Å². The van der Waals surface area contributed by atoms with Gasteiger partial charge in [-0.3, -0.25) is 4.79 Å². The summed E-state index contributed by atoms with van der Waals surface area (Å²) in [5, 5.41) is 14.5. The lowest BCUT2D eigenvalue weighted by Gasteiger charge is -2.41. The Morgan fingerprint density at radius 2 is 2.10 bits per heavy atom. The minimum Gasteiger partial charge on any atom is -0.481 e. The smallest absolute Gasteiger partial charge is 0.319 e. The fourth-order valence-electron chi connectivity index (χ4n) is 2.36. The average molecular weight is 341 g/mol. The molecule has 0 atom stereocenters. The first-order valence-electron chi connectivity index (χ1n) is 6.47. The molecule has 0 aromatic heterocycles. The summed E-state index contributed by atoms with van der Waals surface area (Å²) in [7, 11) is 0. The summed E-state index contributed by atoms with van der Waals surface area (Å²) in [6, 6.07) is 5.26. The molecule has 0 saturated heterocycles. The fourth-order valence-corrected chi connectivity index (χ4v) is 2.72. The van der Waals surface area contributed by atoms with Gasteiger partial charge in [-0.15, -0.1) is 0 Å². The van der Waals surface area contributed by atoms with Crippen molar-refractivity contribution in [2.75, 3.05) is 5.32 Å². The number of carbonyl (C=O) groups is 2. The zero-order chi connectivity index (χ0) is 14.8. The Kier molecular flexibility index (Phi) is 4.32. The molecule has 108 valence electrons. The number of urea groups is 1. The number of hydrogen-bond donors (Lipinski definition) is 3. The molecular formula is C14H17BrN2O3. The second kappa shape index (κ2) is 5.83. The number of rotatable bonds is 4. The van der Waals surface area contributed by atoms with Gasteiger partial charge in [-0.25, -0.2) is 4.79 Å². The number of benzene rings is 1. The van der Waals surface area contributed by atoms with Gasteiger partial charge < -0.3 is 15.7 Å². The van der Waals surface area contributed by atoms with Crippen molar-refractivity contribution in [1.29, 1.82) is 0 Å². The molecule has 2 amide bonds. The molecule has 0 bridgehead atoms. The third-order valence-electron chi connectivity index (χ3n) is 3.63. The van der Waals surface area contributed by atoms with Gasteiger partial charge in [0.15, 0.2) is 0 Å². The van der Waals surface area contributed by atoms with E-state index in [0.717, 1.165) is 16.5 Å². The zero-order valence-electron chi connectivity index (χ0n) is 11.2. The summed E-state index contributed by atoms with van der Waals surface area (Å²) >= 11 is 3.36. The van der Waals surface area contributed by atoms with E-state index in [1.54, 1.807) is 0 Å². The van der Waals surface area contributed by atoms with Crippen LogP contribution in [0.1, 0.15) is 31.2 Å². The van der Waals surface area contributed by atoms with Crippen LogP contribution in [0.4, 0.5) is 10.5 Å². The van der Waals surface area contributed by atoms with Gasteiger partial charge in [0, 0.05) is 10.2 Å². The van der Waals surface area contributed by atoms with Gasteiger partial charge in [-0.2, -0.15) is 0 Å². The van der Waals surface area contributed by atoms with Crippen molar-refractivity contribution in [3.63, 3.8) is 0 Å². The third-order valence-corrected chi connectivity index (χ3v) is 4.12. The van der Waals surface area contributed by atoms with Crippen LogP contribution in [0.25, 0.3) is 0 Å². The van der Waals surface area contributed by atoms with Gasteiger partial charge in [0.05, 0.1) is 12.0 Å². The molecule has 0 heterocycles. The first kappa shape index (κ1) is 14.8. The Labute approximate surface area is 125 Å². The molecule has 2 rings (SSSR count). The SMILES string of the molecule is Cc1ccc(Br)cc1NC(=O)NC1(CC(=O)O)CCC1. The van der Waals surface area contributed by atoms with Crippen LogP contribution in [0.2, 0.25) is 0 Å². The largest absolute Gasteiger partial charge is 0.481 e. The summed E-state index contributed by atoms with van der Waals surface area (Å²) in [4.78, 5) is 22.9. The maximum Gasteiger partial charge on any atom is 0.319 e. The molecule has 6 heteroatoms. The number of carbonyl (C=O) groups excluding carboxylic acids is 1. The normalized spacial score (nSPS) is 16.1. The number of carboxylic acid groups (broad SMARTS) is 1. The highest BCUT2D eigenvalue weighted by atomic mass is 79.9. The molecule has 20 heavy (non-hydrogen) atoms. The van der Waals surface area contributed by atoms with Gasteiger partial charge >= 0.3 is 12.0 Å². The van der Waals surface area contributed by atoms with Gasteiger partial charge in [0.1, 0.15) is 0 Å². The van der Waals surface area contributed by atoms with Crippen LogP contribution in [0.3, 0.4) is 0 Å². The lowest BCUT2D eigenvalue weighted by molar-refractivity contribution is -0.139. The van der Waals surface area contributed by atoms with Crippen LogP contribution in [-0.4, -0.2) is 22.6 Å². The van der Waals surface area contributed by atoms with Crippen molar-refractivity contribution in [2.24, 2.45) is 0 Å². The van der Waals surface area contributed by atoms with Crippen LogP contribution in [-0.2, 0) is 4.79 Å². The molecule has 0 unspecified atom stereocenters. The summed E-state index contributed by atoms with van der Waals surface area (Å²) in [6.45, 7) is 1.90.